The molecular weight excluding hydrogens is 170 g/mol. The van der Waals surface area contributed by atoms with Gasteiger partial charge in [-0.15, -0.1) is 0 Å². The van der Waals surface area contributed by atoms with Crippen molar-refractivity contribution >= 4 is 5.69 Å². The summed E-state index contributed by atoms with van der Waals surface area (Å²) in [4.78, 5) is 0. The first-order valence-electron chi connectivity index (χ1n) is 5.11. The molecule has 1 aromatic carbocycles. The Morgan fingerprint density at radius 1 is 1.29 bits per heavy atom. The van der Waals surface area contributed by atoms with E-state index in [9.17, 15) is 0 Å². The fourth-order valence-electron chi connectivity index (χ4n) is 1.20. The Kier molecular flexibility index (Phi) is 3.75. The van der Waals surface area contributed by atoms with E-state index in [1.54, 1.807) is 0 Å². The standard InChI is InChI=1S/C13H19N/c1-5-10(2)9-14-13-7-6-11(3)12(4)8-13/h6-8,14H,2,5,9H2,1,3-4H3. The zero-order chi connectivity index (χ0) is 10.6. The Morgan fingerprint density at radius 3 is 2.57 bits per heavy atom. The van der Waals surface area contributed by atoms with Crippen LogP contribution in [0.25, 0.3) is 0 Å². The number of benzene rings is 1. The van der Waals surface area contributed by atoms with E-state index in [4.69, 9.17) is 0 Å². The molecule has 0 bridgehead atoms. The highest BCUT2D eigenvalue weighted by Gasteiger charge is 1.96. The van der Waals surface area contributed by atoms with Crippen LogP contribution in [0.5, 0.6) is 0 Å². The van der Waals surface area contributed by atoms with Crippen molar-refractivity contribution in [1.29, 1.82) is 0 Å². The van der Waals surface area contributed by atoms with Crippen LogP contribution in [0.15, 0.2) is 30.4 Å². The smallest absolute Gasteiger partial charge is 0.0357 e. The highest BCUT2D eigenvalue weighted by molar-refractivity contribution is 5.48. The van der Waals surface area contributed by atoms with Gasteiger partial charge >= 0.3 is 0 Å². The SMILES string of the molecule is C=C(CC)CNc1ccc(C)c(C)c1. The topological polar surface area (TPSA) is 12.0 Å². The summed E-state index contributed by atoms with van der Waals surface area (Å²) in [7, 11) is 0. The molecule has 0 aliphatic rings. The van der Waals surface area contributed by atoms with Gasteiger partial charge < -0.3 is 5.32 Å². The quantitative estimate of drug-likeness (QED) is 0.712. The minimum absolute atomic E-state index is 0.874. The molecule has 1 N–H and O–H groups in total. The molecule has 0 aromatic heterocycles. The Morgan fingerprint density at radius 2 is 2.00 bits per heavy atom. The molecule has 14 heavy (non-hydrogen) atoms. The fourth-order valence-corrected chi connectivity index (χ4v) is 1.20. The molecule has 0 radical (unpaired) electrons. The Labute approximate surface area is 86.8 Å². The summed E-state index contributed by atoms with van der Waals surface area (Å²) < 4.78 is 0. The van der Waals surface area contributed by atoms with Crippen molar-refractivity contribution in [3.63, 3.8) is 0 Å². The second kappa shape index (κ2) is 4.85. The predicted molar refractivity (Wildman–Crippen MR) is 63.8 cm³/mol. The van der Waals surface area contributed by atoms with Gasteiger partial charge in [0.15, 0.2) is 0 Å². The van der Waals surface area contributed by atoms with Crippen molar-refractivity contribution in [1.82, 2.24) is 0 Å². The van der Waals surface area contributed by atoms with E-state index in [-0.39, 0.29) is 0 Å². The number of hydrogen-bond acceptors (Lipinski definition) is 1. The van der Waals surface area contributed by atoms with Crippen LogP contribution in [0.4, 0.5) is 5.69 Å². The summed E-state index contributed by atoms with van der Waals surface area (Å²) in [6.07, 6.45) is 1.04. The molecule has 0 aliphatic heterocycles. The van der Waals surface area contributed by atoms with E-state index in [0.29, 0.717) is 0 Å². The van der Waals surface area contributed by atoms with Crippen molar-refractivity contribution in [2.75, 3.05) is 11.9 Å². The molecule has 0 aliphatic carbocycles. The van der Waals surface area contributed by atoms with Gasteiger partial charge in [-0.2, -0.15) is 0 Å². The van der Waals surface area contributed by atoms with E-state index in [1.807, 2.05) is 0 Å². The van der Waals surface area contributed by atoms with E-state index in [2.05, 4.69) is 50.9 Å². The van der Waals surface area contributed by atoms with Gasteiger partial charge in [0.2, 0.25) is 0 Å². The van der Waals surface area contributed by atoms with Crippen LogP contribution in [0.1, 0.15) is 24.5 Å². The third-order valence-corrected chi connectivity index (χ3v) is 2.55. The summed E-state index contributed by atoms with van der Waals surface area (Å²) in [5.41, 5.74) is 5.09. The largest absolute Gasteiger partial charge is 0.381 e. The minimum atomic E-state index is 0.874. The summed E-state index contributed by atoms with van der Waals surface area (Å²) in [5, 5.41) is 3.36. The van der Waals surface area contributed by atoms with Crippen LogP contribution < -0.4 is 5.32 Å². The second-order valence-corrected chi connectivity index (χ2v) is 3.76. The normalized spacial score (nSPS) is 9.93. The van der Waals surface area contributed by atoms with Gasteiger partial charge in [0.25, 0.3) is 0 Å². The molecular formula is C13H19N. The van der Waals surface area contributed by atoms with E-state index < -0.39 is 0 Å². The van der Waals surface area contributed by atoms with E-state index in [0.717, 1.165) is 13.0 Å². The first-order valence-corrected chi connectivity index (χ1v) is 5.11. The highest BCUT2D eigenvalue weighted by atomic mass is 14.9. The van der Waals surface area contributed by atoms with Gasteiger partial charge in [0, 0.05) is 12.2 Å². The first kappa shape index (κ1) is 10.8. The highest BCUT2D eigenvalue weighted by Crippen LogP contribution is 2.14. The second-order valence-electron chi connectivity index (χ2n) is 3.76. The van der Waals surface area contributed by atoms with Gasteiger partial charge in [-0.25, -0.2) is 0 Å². The van der Waals surface area contributed by atoms with Gasteiger partial charge in [-0.3, -0.25) is 0 Å². The predicted octanol–water partition coefficient (Wildman–Crippen LogP) is 3.68. The summed E-state index contributed by atoms with van der Waals surface area (Å²) in [5.74, 6) is 0. The Balaban J connectivity index is 2.60. The van der Waals surface area contributed by atoms with E-state index in [1.165, 1.54) is 22.4 Å². The van der Waals surface area contributed by atoms with Crippen LogP contribution in [0.3, 0.4) is 0 Å². The van der Waals surface area contributed by atoms with E-state index >= 15 is 0 Å². The maximum atomic E-state index is 3.97. The third-order valence-electron chi connectivity index (χ3n) is 2.55. The van der Waals surface area contributed by atoms with Gasteiger partial charge in [-0.1, -0.05) is 25.1 Å². The molecule has 1 rings (SSSR count). The molecule has 0 fully saturated rings. The first-order chi connectivity index (χ1) is 6.63. The summed E-state index contributed by atoms with van der Waals surface area (Å²) >= 11 is 0. The number of hydrogen-bond donors (Lipinski definition) is 1. The summed E-state index contributed by atoms with van der Waals surface area (Å²) in [6.45, 7) is 11.2. The molecule has 1 aromatic rings. The lowest BCUT2D eigenvalue weighted by atomic mass is 10.1. The van der Waals surface area contributed by atoms with Crippen molar-refractivity contribution in [2.45, 2.75) is 27.2 Å². The van der Waals surface area contributed by atoms with Crippen LogP contribution in [-0.2, 0) is 0 Å². The number of nitrogens with one attached hydrogen (secondary N) is 1. The average molecular weight is 189 g/mol. The lowest BCUT2D eigenvalue weighted by Crippen LogP contribution is -2.03. The van der Waals surface area contributed by atoms with Gasteiger partial charge in [0.05, 0.1) is 0 Å². The zero-order valence-electron chi connectivity index (χ0n) is 9.35. The number of aryl methyl sites for hydroxylation is 2. The fraction of sp³-hybridized carbons (Fsp3) is 0.385. The van der Waals surface area contributed by atoms with Crippen molar-refractivity contribution in [3.05, 3.63) is 41.5 Å². The average Bonchev–Trinajstić information content (AvgIpc) is 2.19. The Hall–Kier alpha value is -1.24. The van der Waals surface area contributed by atoms with Crippen LogP contribution in [-0.4, -0.2) is 6.54 Å². The monoisotopic (exact) mass is 189 g/mol. The molecule has 0 heterocycles. The van der Waals surface area contributed by atoms with Crippen molar-refractivity contribution in [2.24, 2.45) is 0 Å². The van der Waals surface area contributed by atoms with Crippen molar-refractivity contribution in [3.8, 4) is 0 Å². The molecule has 1 nitrogen and oxygen atoms in total. The van der Waals surface area contributed by atoms with Crippen LogP contribution in [0, 0.1) is 13.8 Å². The van der Waals surface area contributed by atoms with Crippen LogP contribution in [0.2, 0.25) is 0 Å². The molecule has 0 unspecified atom stereocenters. The van der Waals surface area contributed by atoms with Gasteiger partial charge in [-0.05, 0) is 43.5 Å². The molecule has 0 amide bonds. The zero-order valence-corrected chi connectivity index (χ0v) is 9.35. The number of anilines is 1. The Bertz CT molecular complexity index is 326. The lowest BCUT2D eigenvalue weighted by molar-refractivity contribution is 1.05. The van der Waals surface area contributed by atoms with Gasteiger partial charge in [0.1, 0.15) is 0 Å². The van der Waals surface area contributed by atoms with Crippen molar-refractivity contribution < 1.29 is 0 Å². The number of rotatable bonds is 4. The van der Waals surface area contributed by atoms with Crippen LogP contribution >= 0.6 is 0 Å². The molecule has 0 saturated heterocycles. The molecule has 0 spiro atoms. The lowest BCUT2D eigenvalue weighted by Gasteiger charge is -2.09. The maximum Gasteiger partial charge on any atom is 0.0357 e. The molecule has 0 atom stereocenters. The third kappa shape index (κ3) is 2.91. The molecule has 76 valence electrons. The molecule has 1 heteroatoms. The minimum Gasteiger partial charge on any atom is -0.381 e. The summed E-state index contributed by atoms with van der Waals surface area (Å²) in [6, 6.07) is 6.44. The maximum absolute atomic E-state index is 3.97. The molecule has 0 saturated carbocycles.